The molecule has 24 nitrogen and oxygen atoms in total. The van der Waals surface area contributed by atoms with Gasteiger partial charge in [-0.15, -0.1) is 0 Å². The molecule has 4 atom stereocenters. The molecule has 0 aromatic heterocycles. The zero-order valence-corrected chi connectivity index (χ0v) is 72.9. The molecule has 0 saturated carbocycles. The van der Waals surface area contributed by atoms with Crippen LogP contribution in [0, 0.1) is 27.7 Å². The van der Waals surface area contributed by atoms with Gasteiger partial charge in [0.25, 0.3) is 6.55 Å². The van der Waals surface area contributed by atoms with Gasteiger partial charge in [0.1, 0.15) is 80.6 Å². The third kappa shape index (κ3) is 44.6. The van der Waals surface area contributed by atoms with Crippen molar-refractivity contribution < 1.29 is 123 Å². The van der Waals surface area contributed by atoms with E-state index in [2.05, 4.69) is 74.5 Å². The lowest BCUT2D eigenvalue weighted by molar-refractivity contribution is -0.243. The van der Waals surface area contributed by atoms with Gasteiger partial charge in [-0.05, 0) is 183 Å². The van der Waals surface area contributed by atoms with Crippen LogP contribution in [-0.2, 0) is 109 Å². The molecule has 8 aromatic carbocycles. The minimum Gasteiger partial charge on any atom is -0.489 e. The van der Waals surface area contributed by atoms with Crippen LogP contribution in [0.3, 0.4) is 0 Å². The van der Waals surface area contributed by atoms with Crippen molar-refractivity contribution in [3.8, 4) is 23.0 Å². The topological polar surface area (TPSA) is 304 Å². The number of likely N-dealkylation sites (N-methyl/N-ethyl adjacent to an activating group) is 4. The fourth-order valence-corrected chi connectivity index (χ4v) is 12.6. The number of nitrogens with zero attached hydrogens (tertiary/aromatic N) is 4. The predicted octanol–water partition coefficient (Wildman–Crippen LogP) is 15.8. The second-order valence-electron chi connectivity index (χ2n) is 30.6. The van der Waals surface area contributed by atoms with E-state index in [1.54, 1.807) is 25.2 Å². The Kier molecular flexibility index (Phi) is 47.3. The van der Waals surface area contributed by atoms with E-state index in [0.717, 1.165) is 96.0 Å². The number of hydrogen-bond donors (Lipinski definition) is 4. The van der Waals surface area contributed by atoms with Gasteiger partial charge in [0.05, 0.1) is 51.4 Å². The van der Waals surface area contributed by atoms with Gasteiger partial charge in [0.15, 0.2) is 0 Å². The number of hydrogen-bond acceptors (Lipinski definition) is 20. The van der Waals surface area contributed by atoms with Crippen LogP contribution in [-0.4, -0.2) is 220 Å². The van der Waals surface area contributed by atoms with E-state index in [1.807, 2.05) is 148 Å². The lowest BCUT2D eigenvalue weighted by atomic mass is 10.0. The van der Waals surface area contributed by atoms with Crippen LogP contribution >= 0.6 is 0 Å². The van der Waals surface area contributed by atoms with Gasteiger partial charge in [-0.3, -0.25) is 43.3 Å². The van der Waals surface area contributed by atoms with E-state index in [9.17, 15) is 64.7 Å². The van der Waals surface area contributed by atoms with Gasteiger partial charge in [-0.2, -0.15) is 22.0 Å². The molecule has 4 N–H and O–H groups in total. The van der Waals surface area contributed by atoms with E-state index in [0.29, 0.717) is 30.2 Å². The molecule has 684 valence electrons. The molecule has 0 saturated heterocycles. The van der Waals surface area contributed by atoms with Crippen molar-refractivity contribution in [1.29, 1.82) is 0 Å². The fraction of sp³-hybridized carbons (Fsp3) is 0.417. The molecule has 0 radical (unpaired) electrons. The van der Waals surface area contributed by atoms with Crippen molar-refractivity contribution in [3.63, 3.8) is 0 Å². The summed E-state index contributed by atoms with van der Waals surface area (Å²) in [4.78, 5) is 94.4. The molecule has 0 heterocycles. The largest absolute Gasteiger partial charge is 0.489 e. The Bertz CT molecular complexity index is 4670. The minimum absolute atomic E-state index is 0.0462. The zero-order valence-electron chi connectivity index (χ0n) is 72.9. The SMILES string of the molecule is Cc1cccc(CCc2ccccc2OCC(CN(C)C(F)(F)F)OC(=O)CCC(=O)O)c1.Cc1cccc(CCc2ccccc2OCC(CN(C)C(F)F)OC(=O)CCC(=O)O)c1.Cc1cccc(CCc2ccccc2OCC(CN(C)C)OC(=O)CCC(=O)O)c1.Cc1cccc(CCc2ccccc2OCC(CN(C)CF)OC(=O)CCC(=O)O)c1. The summed E-state index contributed by atoms with van der Waals surface area (Å²) in [6, 6.07) is 63.3. The van der Waals surface area contributed by atoms with Crippen molar-refractivity contribution in [2.45, 2.75) is 168 Å². The molecule has 30 heteroatoms. The maximum absolute atomic E-state index is 13.0. The molecule has 126 heavy (non-hydrogen) atoms. The molecule has 0 amide bonds. The van der Waals surface area contributed by atoms with Crippen molar-refractivity contribution in [2.24, 2.45) is 0 Å². The average Bonchev–Trinajstić information content (AvgIpc) is 0.895. The Balaban J connectivity index is 0.000000298. The monoisotopic (exact) mass is 1760 g/mol. The highest BCUT2D eigenvalue weighted by molar-refractivity contribution is 5.78. The van der Waals surface area contributed by atoms with Gasteiger partial charge in [0, 0.05) is 26.2 Å². The number of carbonyl (C=O) groups is 8. The number of aliphatic carboxylic acids is 4. The van der Waals surface area contributed by atoms with Crippen LogP contribution in [0.25, 0.3) is 0 Å². The van der Waals surface area contributed by atoms with Gasteiger partial charge in [0.2, 0.25) is 0 Å². The molecule has 8 aromatic rings. The number of halogens is 6. The normalized spacial score (nSPS) is 12.1. The fourth-order valence-electron chi connectivity index (χ4n) is 12.6. The van der Waals surface area contributed by atoms with Crippen LogP contribution in [0.2, 0.25) is 0 Å². The number of aryl methyl sites for hydroxylation is 12. The second kappa shape index (κ2) is 56.9. The highest BCUT2D eigenvalue weighted by atomic mass is 19.4. The van der Waals surface area contributed by atoms with Gasteiger partial charge < -0.3 is 63.2 Å². The van der Waals surface area contributed by atoms with Crippen LogP contribution in [0.1, 0.15) is 118 Å². The number of para-hydroxylation sites is 4. The Morgan fingerprint density at radius 2 is 0.587 bits per heavy atom. The number of carboxylic acid groups (broad SMARTS) is 4. The standard InChI is InChI=1S/C24H28F3NO5.C24H29F2NO5.C24H30FNO5.C24H31NO5/c1-17-6-5-7-18(14-17)10-11-19-8-3-4-9-21(19)32-16-20(15-28(2)24(25,26)27)33-23(31)13-12-22(29)30;1-17-6-5-7-18(14-17)10-11-19-8-3-4-9-21(19)31-16-20(15-27(2)24(25)26)32-23(30)13-12-22(28)29;1-18-6-5-7-19(14-18)10-11-20-8-3-4-9-22(20)30-16-21(15-26(2)17-25)31-24(29)13-12-23(27)28;1-18-7-6-8-19(15-18)11-12-20-9-4-5-10-22(20)29-17-21(16-25(2)3)30-24(28)14-13-23(26)27/h3-9,14,20H,10-13,15-16H2,1-2H3,(H,29,30);3-9,14,20,24H,10-13,15-16H2,1-2H3,(H,28,29);3-9,14,21H,10-13,15-17H2,1-2H3,(H,27,28);4-10,15,21H,11-14,16-17H2,1-3H3,(H,26,27). The second-order valence-corrected chi connectivity index (χ2v) is 30.6. The number of esters is 4. The number of ether oxygens (including phenoxy) is 8. The number of alkyl halides is 6. The van der Waals surface area contributed by atoms with Crippen molar-refractivity contribution in [2.75, 3.05) is 94.6 Å². The maximum atomic E-state index is 13.0. The number of rotatable bonds is 50. The molecule has 0 aliphatic heterocycles. The van der Waals surface area contributed by atoms with E-state index in [1.165, 1.54) is 45.3 Å². The lowest BCUT2D eigenvalue weighted by Crippen LogP contribution is -2.43. The first-order valence-corrected chi connectivity index (χ1v) is 41.3. The van der Waals surface area contributed by atoms with Gasteiger partial charge in [-0.25, -0.2) is 14.2 Å². The third-order valence-corrected chi connectivity index (χ3v) is 19.0. The van der Waals surface area contributed by atoms with Gasteiger partial charge >= 0.3 is 54.1 Å². The first-order valence-electron chi connectivity index (χ1n) is 41.3. The molecule has 0 aliphatic rings. The van der Waals surface area contributed by atoms with Crippen LogP contribution in [0.4, 0.5) is 26.3 Å². The highest BCUT2D eigenvalue weighted by Gasteiger charge is 2.37. The molecular formula is C96H118F6N4O20. The summed E-state index contributed by atoms with van der Waals surface area (Å²) in [6.07, 6.45) is -4.24. The van der Waals surface area contributed by atoms with E-state index >= 15 is 0 Å². The smallest absolute Gasteiger partial charge is 0.459 e. The Labute approximate surface area is 733 Å². The summed E-state index contributed by atoms with van der Waals surface area (Å²) in [5, 5.41) is 34.8. The third-order valence-electron chi connectivity index (χ3n) is 19.0. The molecule has 0 fully saturated rings. The summed E-state index contributed by atoms with van der Waals surface area (Å²) < 4.78 is 122. The number of carboxylic acids is 4. The Hall–Kier alpha value is -11.9. The summed E-state index contributed by atoms with van der Waals surface area (Å²) >= 11 is 0. The highest BCUT2D eigenvalue weighted by Crippen LogP contribution is 2.28. The predicted molar refractivity (Wildman–Crippen MR) is 464 cm³/mol. The average molecular weight is 1760 g/mol. The van der Waals surface area contributed by atoms with E-state index in [4.69, 9.17) is 58.3 Å². The molecule has 8 rings (SSSR count). The summed E-state index contributed by atoms with van der Waals surface area (Å²) in [5.74, 6) is -4.72. The quantitative estimate of drug-likeness (QED) is 0.0119. The van der Waals surface area contributed by atoms with Crippen LogP contribution in [0.5, 0.6) is 23.0 Å². The summed E-state index contributed by atoms with van der Waals surface area (Å²) in [7, 11) is 7.38. The Morgan fingerprint density at radius 3 is 0.825 bits per heavy atom. The van der Waals surface area contributed by atoms with E-state index in [-0.39, 0.29) is 82.9 Å². The molecule has 0 spiro atoms. The van der Waals surface area contributed by atoms with Crippen molar-refractivity contribution in [1.82, 2.24) is 19.6 Å². The molecular weight excluding hydrogens is 1640 g/mol. The lowest BCUT2D eigenvalue weighted by Gasteiger charge is -2.26. The van der Waals surface area contributed by atoms with Gasteiger partial charge in [-0.1, -0.05) is 192 Å². The molecule has 4 unspecified atom stereocenters. The Morgan fingerprint density at radius 1 is 0.333 bits per heavy atom. The number of benzene rings is 8. The zero-order chi connectivity index (χ0) is 92.5. The van der Waals surface area contributed by atoms with Crippen molar-refractivity contribution in [3.05, 3.63) is 261 Å². The maximum Gasteiger partial charge on any atom is 0.459 e. The van der Waals surface area contributed by atoms with E-state index < -0.39 is 111 Å². The first kappa shape index (κ1) is 105. The first-order chi connectivity index (χ1) is 60.0. The number of carbonyl (C=O) groups excluding carboxylic acids is 4. The molecule has 0 bridgehead atoms. The summed E-state index contributed by atoms with van der Waals surface area (Å²) in [5.41, 5.74) is 13.6. The van der Waals surface area contributed by atoms with Crippen molar-refractivity contribution >= 4 is 47.8 Å². The summed E-state index contributed by atoms with van der Waals surface area (Å²) in [6.45, 7) is 4.33. The molecule has 0 aliphatic carbocycles. The minimum atomic E-state index is -4.61. The van der Waals surface area contributed by atoms with Crippen LogP contribution < -0.4 is 18.9 Å². The van der Waals surface area contributed by atoms with Crippen LogP contribution in [0.15, 0.2) is 194 Å².